The highest BCUT2D eigenvalue weighted by molar-refractivity contribution is 5.67. The van der Waals surface area contributed by atoms with Crippen LogP contribution in [0.4, 0.5) is 26.3 Å². The first-order valence-corrected chi connectivity index (χ1v) is 25.1. The minimum Gasteiger partial charge on any atom is -0.376 e. The Morgan fingerprint density at radius 2 is 0.829 bits per heavy atom. The molecular weight excluding hydrogens is 895 g/mol. The predicted molar refractivity (Wildman–Crippen MR) is 271 cm³/mol. The smallest absolute Gasteiger partial charge is 0.376 e. The molecule has 0 unspecified atom stereocenters. The van der Waals surface area contributed by atoms with E-state index in [4.69, 9.17) is 9.47 Å². The number of benzene rings is 6. The number of hydrogen-bond donors (Lipinski definition) is 2. The summed E-state index contributed by atoms with van der Waals surface area (Å²) in [5.74, 6) is 0. The van der Waals surface area contributed by atoms with Crippen molar-refractivity contribution in [2.45, 2.75) is 114 Å². The van der Waals surface area contributed by atoms with Gasteiger partial charge in [-0.15, -0.1) is 0 Å². The van der Waals surface area contributed by atoms with E-state index in [2.05, 4.69) is 48.7 Å². The van der Waals surface area contributed by atoms with Crippen LogP contribution in [0.15, 0.2) is 146 Å². The van der Waals surface area contributed by atoms with Gasteiger partial charge in [0.15, 0.2) is 0 Å². The molecule has 372 valence electrons. The van der Waals surface area contributed by atoms with E-state index in [1.165, 1.54) is 52.9 Å². The van der Waals surface area contributed by atoms with Gasteiger partial charge in [0.1, 0.15) is 0 Å². The third kappa shape index (κ3) is 14.4. The lowest BCUT2D eigenvalue weighted by atomic mass is 9.74. The summed E-state index contributed by atoms with van der Waals surface area (Å²) in [5, 5.41) is 6.80. The van der Waals surface area contributed by atoms with E-state index in [0.29, 0.717) is 35.5 Å². The van der Waals surface area contributed by atoms with Crippen molar-refractivity contribution in [3.05, 3.63) is 190 Å². The molecule has 6 aromatic rings. The van der Waals surface area contributed by atoms with E-state index in [0.717, 1.165) is 95.1 Å². The fourth-order valence-electron chi connectivity index (χ4n) is 9.96. The van der Waals surface area contributed by atoms with Crippen LogP contribution in [0.1, 0.15) is 110 Å². The van der Waals surface area contributed by atoms with Gasteiger partial charge in [0, 0.05) is 10.8 Å². The number of aryl methyl sites for hydroxylation is 2. The number of hydrogen-bond acceptors (Lipinski definition) is 4. The molecule has 0 aromatic heterocycles. The van der Waals surface area contributed by atoms with Crippen LogP contribution >= 0.6 is 0 Å². The average Bonchev–Trinajstić information content (AvgIpc) is 3.37. The first-order valence-electron chi connectivity index (χ1n) is 25.1. The number of alkyl halides is 6. The molecule has 10 heteroatoms. The number of ether oxygens (including phenoxy) is 2. The standard InChI is InChI=1S/C31H36F3NO.C29H32F3NO/c1-2-3-5-8-24-11-13-26(14-12-24)27-19-25(20-29(21-27)31(32,33)34)22-36-23-30(15-17-35-18-16-30)28-9-6-4-7-10-28;1-2-6-22-9-11-24(12-10-22)25-17-23(18-27(19-25)29(30,31)32)20-34-21-28(13-15-33-16-14-28)26-7-4-3-5-8-26/h4,6-7,9-14,19-21,35H,2-3,5,8,15-18,22-23H2,1H3;3-5,7-12,17-19,33H,2,6,13-16,20-21H2,1H3. The van der Waals surface area contributed by atoms with Crippen molar-refractivity contribution in [3.63, 3.8) is 0 Å². The minimum atomic E-state index is -4.41. The number of nitrogens with one attached hydrogen (secondary N) is 2. The molecule has 0 radical (unpaired) electrons. The number of piperidine rings is 2. The van der Waals surface area contributed by atoms with Gasteiger partial charge in [-0.3, -0.25) is 0 Å². The second kappa shape index (κ2) is 24.7. The highest BCUT2D eigenvalue weighted by atomic mass is 19.4. The number of rotatable bonds is 18. The third-order valence-electron chi connectivity index (χ3n) is 14.0. The highest BCUT2D eigenvalue weighted by Gasteiger charge is 2.36. The zero-order chi connectivity index (χ0) is 49.5. The number of unbranched alkanes of at least 4 members (excludes halogenated alkanes) is 2. The molecule has 6 aromatic carbocycles. The first kappa shape index (κ1) is 52.6. The van der Waals surface area contributed by atoms with Crippen LogP contribution in [-0.4, -0.2) is 39.4 Å². The van der Waals surface area contributed by atoms with Gasteiger partial charge in [-0.25, -0.2) is 0 Å². The molecule has 0 atom stereocenters. The van der Waals surface area contributed by atoms with Crippen molar-refractivity contribution >= 4 is 0 Å². The van der Waals surface area contributed by atoms with Crippen LogP contribution in [0.2, 0.25) is 0 Å². The van der Waals surface area contributed by atoms with Gasteiger partial charge in [0.05, 0.1) is 37.6 Å². The molecule has 2 fully saturated rings. The van der Waals surface area contributed by atoms with Crippen molar-refractivity contribution in [3.8, 4) is 22.3 Å². The molecule has 70 heavy (non-hydrogen) atoms. The Hall–Kier alpha value is -5.26. The van der Waals surface area contributed by atoms with Gasteiger partial charge in [-0.2, -0.15) is 26.3 Å². The van der Waals surface area contributed by atoms with Crippen molar-refractivity contribution in [1.82, 2.24) is 10.6 Å². The lowest BCUT2D eigenvalue weighted by Gasteiger charge is -2.38. The first-order chi connectivity index (χ1) is 33.8. The summed E-state index contributed by atoms with van der Waals surface area (Å²) in [6, 6.07) is 44.9. The van der Waals surface area contributed by atoms with Crippen molar-refractivity contribution in [1.29, 1.82) is 0 Å². The summed E-state index contributed by atoms with van der Waals surface area (Å²) in [5.41, 5.74) is 7.16. The monoisotopic (exact) mass is 963 g/mol. The molecular formula is C60H68F6N2O2. The molecule has 0 aliphatic carbocycles. The van der Waals surface area contributed by atoms with E-state index in [-0.39, 0.29) is 24.0 Å². The summed E-state index contributed by atoms with van der Waals surface area (Å²) >= 11 is 0. The Bertz CT molecular complexity index is 2500. The molecule has 4 nitrogen and oxygen atoms in total. The summed E-state index contributed by atoms with van der Waals surface area (Å²) in [4.78, 5) is 0. The summed E-state index contributed by atoms with van der Waals surface area (Å²) in [6.07, 6.45) is 1.39. The average molecular weight is 963 g/mol. The lowest BCUT2D eigenvalue weighted by Crippen LogP contribution is -2.43. The fraction of sp³-hybridized carbons (Fsp3) is 0.400. The normalized spacial score (nSPS) is 15.8. The molecule has 2 aliphatic rings. The Morgan fingerprint density at radius 3 is 1.20 bits per heavy atom. The van der Waals surface area contributed by atoms with E-state index in [1.807, 2.05) is 97.1 Å². The van der Waals surface area contributed by atoms with Crippen LogP contribution in [-0.2, 0) is 58.7 Å². The van der Waals surface area contributed by atoms with E-state index >= 15 is 0 Å². The van der Waals surface area contributed by atoms with Gasteiger partial charge in [-0.1, -0.05) is 142 Å². The summed E-state index contributed by atoms with van der Waals surface area (Å²) < 4.78 is 94.6. The quantitative estimate of drug-likeness (QED) is 0.0665. The zero-order valence-electron chi connectivity index (χ0n) is 40.7. The van der Waals surface area contributed by atoms with Crippen molar-refractivity contribution in [2.75, 3.05) is 39.4 Å². The molecule has 0 bridgehead atoms. The van der Waals surface area contributed by atoms with Crippen LogP contribution in [0.5, 0.6) is 0 Å². The maximum absolute atomic E-state index is 13.7. The Kier molecular flexibility index (Phi) is 18.6. The summed E-state index contributed by atoms with van der Waals surface area (Å²) in [6.45, 7) is 9.15. The van der Waals surface area contributed by atoms with Gasteiger partial charge in [0.25, 0.3) is 0 Å². The fourth-order valence-corrected chi connectivity index (χ4v) is 9.96. The van der Waals surface area contributed by atoms with Crippen LogP contribution in [0.25, 0.3) is 22.3 Å². The SMILES string of the molecule is CCCCCc1ccc(-c2cc(COCC3(c4ccccc4)CCNCC3)cc(C(F)(F)F)c2)cc1.CCCc1ccc(-c2cc(COCC3(c4ccccc4)CCNCC3)cc(C(F)(F)F)c2)cc1. The Balaban J connectivity index is 0.000000207. The molecule has 8 rings (SSSR count). The van der Waals surface area contributed by atoms with Gasteiger partial charge < -0.3 is 20.1 Å². The number of halogens is 6. The lowest BCUT2D eigenvalue weighted by molar-refractivity contribution is -0.138. The second-order valence-electron chi connectivity index (χ2n) is 19.2. The minimum absolute atomic E-state index is 0.119. The molecule has 0 spiro atoms. The van der Waals surface area contributed by atoms with Gasteiger partial charge in [0.2, 0.25) is 0 Å². The maximum Gasteiger partial charge on any atom is 0.416 e. The van der Waals surface area contributed by atoms with E-state index in [1.54, 1.807) is 0 Å². The van der Waals surface area contributed by atoms with Crippen LogP contribution in [0.3, 0.4) is 0 Å². The van der Waals surface area contributed by atoms with Crippen LogP contribution in [0, 0.1) is 0 Å². The van der Waals surface area contributed by atoms with Crippen LogP contribution < -0.4 is 10.6 Å². The molecule has 0 amide bonds. The Labute approximate surface area is 411 Å². The van der Waals surface area contributed by atoms with Gasteiger partial charge in [-0.05, 0) is 163 Å². The molecule has 2 N–H and O–H groups in total. The second-order valence-corrected chi connectivity index (χ2v) is 19.2. The maximum atomic E-state index is 13.7. The van der Waals surface area contributed by atoms with E-state index in [9.17, 15) is 26.3 Å². The highest BCUT2D eigenvalue weighted by Crippen LogP contribution is 2.38. The topological polar surface area (TPSA) is 42.5 Å². The zero-order valence-corrected chi connectivity index (χ0v) is 40.7. The largest absolute Gasteiger partial charge is 0.416 e. The van der Waals surface area contributed by atoms with Crippen molar-refractivity contribution < 1.29 is 35.8 Å². The molecule has 2 aliphatic heterocycles. The van der Waals surface area contributed by atoms with Crippen molar-refractivity contribution in [2.24, 2.45) is 0 Å². The molecule has 2 heterocycles. The molecule has 0 saturated carbocycles. The predicted octanol–water partition coefficient (Wildman–Crippen LogP) is 15.1. The molecule has 2 saturated heterocycles. The summed E-state index contributed by atoms with van der Waals surface area (Å²) in [7, 11) is 0. The third-order valence-corrected chi connectivity index (χ3v) is 14.0. The van der Waals surface area contributed by atoms with Gasteiger partial charge >= 0.3 is 12.4 Å². The Morgan fingerprint density at radius 1 is 0.429 bits per heavy atom. The van der Waals surface area contributed by atoms with E-state index < -0.39 is 23.5 Å².